The number of nitrogens with one attached hydrogen (secondary N) is 1. The van der Waals surface area contributed by atoms with Gasteiger partial charge in [-0.2, -0.15) is 4.31 Å². The van der Waals surface area contributed by atoms with Gasteiger partial charge in [0.25, 0.3) is 0 Å². The highest BCUT2D eigenvalue weighted by molar-refractivity contribution is 7.89. The van der Waals surface area contributed by atoms with Gasteiger partial charge in [-0.25, -0.2) is 8.42 Å². The zero-order valence-electron chi connectivity index (χ0n) is 18.5. The molecule has 1 aliphatic carbocycles. The predicted octanol–water partition coefficient (Wildman–Crippen LogP) is 2.93. The van der Waals surface area contributed by atoms with Gasteiger partial charge in [0.05, 0.1) is 10.3 Å². The molecule has 2 fully saturated rings. The molecule has 3 aliphatic rings. The van der Waals surface area contributed by atoms with Gasteiger partial charge in [-0.05, 0) is 63.3 Å². The molecule has 0 radical (unpaired) electrons. The largest absolute Gasteiger partial charge is 0.352 e. The van der Waals surface area contributed by atoms with Crippen LogP contribution >= 0.6 is 0 Å². The van der Waals surface area contributed by atoms with Crippen molar-refractivity contribution in [3.05, 3.63) is 23.8 Å². The summed E-state index contributed by atoms with van der Waals surface area (Å²) in [6.45, 7) is 4.63. The van der Waals surface area contributed by atoms with Gasteiger partial charge in [-0.15, -0.1) is 0 Å². The number of carbonyl (C=O) groups excluding carboxylic acids is 2. The summed E-state index contributed by atoms with van der Waals surface area (Å²) < 4.78 is 27.8. The fraction of sp³-hybridized carbons (Fsp3) is 0.652. The van der Waals surface area contributed by atoms with Crippen molar-refractivity contribution in [2.24, 2.45) is 0 Å². The summed E-state index contributed by atoms with van der Waals surface area (Å²) in [5.74, 6) is -0.331. The Balaban J connectivity index is 1.57. The van der Waals surface area contributed by atoms with Crippen molar-refractivity contribution in [1.29, 1.82) is 0 Å². The molecule has 8 heteroatoms. The summed E-state index contributed by atoms with van der Waals surface area (Å²) in [5.41, 5.74) is 0.417. The average molecular weight is 448 g/mol. The molecule has 0 spiro atoms. The van der Waals surface area contributed by atoms with Crippen LogP contribution in [-0.2, 0) is 25.0 Å². The Morgan fingerprint density at radius 1 is 1.06 bits per heavy atom. The van der Waals surface area contributed by atoms with Gasteiger partial charge < -0.3 is 10.2 Å². The van der Waals surface area contributed by atoms with Crippen LogP contribution in [0.3, 0.4) is 0 Å². The molecule has 1 saturated carbocycles. The number of hydrogen-bond donors (Lipinski definition) is 1. The number of fused-ring (bicyclic) bond motifs is 1. The lowest BCUT2D eigenvalue weighted by atomic mass is 9.86. The second-order valence-electron chi connectivity index (χ2n) is 9.56. The highest BCUT2D eigenvalue weighted by Crippen LogP contribution is 2.42. The van der Waals surface area contributed by atoms with E-state index in [2.05, 4.69) is 5.32 Å². The molecule has 4 rings (SSSR count). The molecule has 31 heavy (non-hydrogen) atoms. The Morgan fingerprint density at radius 2 is 1.71 bits per heavy atom. The van der Waals surface area contributed by atoms with E-state index >= 15 is 0 Å². The minimum Gasteiger partial charge on any atom is -0.352 e. The molecule has 1 N–H and O–H groups in total. The van der Waals surface area contributed by atoms with Gasteiger partial charge in [-0.1, -0.05) is 25.7 Å². The third-order valence-electron chi connectivity index (χ3n) is 6.94. The zero-order chi connectivity index (χ0) is 22.2. The third-order valence-corrected chi connectivity index (χ3v) is 8.83. The molecule has 1 saturated heterocycles. The summed E-state index contributed by atoms with van der Waals surface area (Å²) in [4.78, 5) is 27.5. The van der Waals surface area contributed by atoms with Gasteiger partial charge in [0.2, 0.25) is 21.8 Å². The molecule has 1 aromatic carbocycles. The van der Waals surface area contributed by atoms with E-state index in [9.17, 15) is 18.0 Å². The highest BCUT2D eigenvalue weighted by atomic mass is 32.2. The topological polar surface area (TPSA) is 86.8 Å². The van der Waals surface area contributed by atoms with Gasteiger partial charge in [-0.3, -0.25) is 9.59 Å². The molecule has 2 heterocycles. The number of amides is 2. The Labute approximate surface area is 185 Å². The number of hydrogen-bond acceptors (Lipinski definition) is 4. The predicted molar refractivity (Wildman–Crippen MR) is 119 cm³/mol. The van der Waals surface area contributed by atoms with E-state index in [1.165, 1.54) is 15.6 Å². The van der Waals surface area contributed by atoms with Crippen LogP contribution in [0.5, 0.6) is 0 Å². The molecule has 170 valence electrons. The molecule has 0 atom stereocenters. The maximum absolute atomic E-state index is 13.2. The Bertz CT molecular complexity index is 961. The van der Waals surface area contributed by atoms with Crippen molar-refractivity contribution in [3.8, 4) is 0 Å². The fourth-order valence-corrected chi connectivity index (χ4v) is 6.59. The van der Waals surface area contributed by atoms with Crippen LogP contribution in [-0.4, -0.2) is 50.2 Å². The van der Waals surface area contributed by atoms with Crippen molar-refractivity contribution in [2.45, 2.75) is 81.6 Å². The van der Waals surface area contributed by atoms with Crippen LogP contribution in [0.1, 0.15) is 70.8 Å². The van der Waals surface area contributed by atoms with E-state index in [1.54, 1.807) is 32.0 Å². The molecular formula is C23H33N3O4S. The first-order chi connectivity index (χ1) is 14.7. The Morgan fingerprint density at radius 3 is 2.39 bits per heavy atom. The van der Waals surface area contributed by atoms with Crippen LogP contribution in [0.25, 0.3) is 0 Å². The van der Waals surface area contributed by atoms with E-state index in [-0.39, 0.29) is 29.3 Å². The summed E-state index contributed by atoms with van der Waals surface area (Å²) >= 11 is 0. The normalized spacial score (nSPS) is 22.4. The molecule has 0 bridgehead atoms. The fourth-order valence-electron chi connectivity index (χ4n) is 5.05. The Kier molecular flexibility index (Phi) is 6.14. The van der Waals surface area contributed by atoms with Crippen molar-refractivity contribution in [1.82, 2.24) is 9.62 Å². The number of rotatable bonds is 5. The number of anilines is 1. The van der Waals surface area contributed by atoms with E-state index in [1.807, 2.05) is 0 Å². The van der Waals surface area contributed by atoms with Gasteiger partial charge in [0.1, 0.15) is 6.54 Å². The first kappa shape index (κ1) is 22.3. The number of nitrogens with zero attached hydrogens (tertiary/aromatic N) is 2. The van der Waals surface area contributed by atoms with Crippen LogP contribution in [0, 0.1) is 0 Å². The summed E-state index contributed by atoms with van der Waals surface area (Å²) in [6.07, 6.45) is 8.22. The maximum Gasteiger partial charge on any atom is 0.243 e. The van der Waals surface area contributed by atoms with E-state index < -0.39 is 15.4 Å². The molecule has 2 aliphatic heterocycles. The summed E-state index contributed by atoms with van der Waals surface area (Å²) in [5, 5.41) is 3.07. The molecule has 0 unspecified atom stereocenters. The van der Waals surface area contributed by atoms with Gasteiger partial charge >= 0.3 is 0 Å². The van der Waals surface area contributed by atoms with E-state index in [0.29, 0.717) is 24.3 Å². The van der Waals surface area contributed by atoms with Crippen molar-refractivity contribution >= 4 is 27.5 Å². The smallest absolute Gasteiger partial charge is 0.243 e. The second kappa shape index (κ2) is 8.54. The lowest BCUT2D eigenvalue weighted by molar-refractivity contribution is -0.126. The molecule has 1 aromatic rings. The number of piperidine rings is 1. The van der Waals surface area contributed by atoms with Crippen LogP contribution in [0.2, 0.25) is 0 Å². The summed E-state index contributed by atoms with van der Waals surface area (Å²) in [7, 11) is -3.59. The number of carbonyl (C=O) groups is 2. The van der Waals surface area contributed by atoms with Crippen molar-refractivity contribution in [2.75, 3.05) is 24.5 Å². The van der Waals surface area contributed by atoms with Gasteiger partial charge in [0, 0.05) is 24.8 Å². The van der Waals surface area contributed by atoms with E-state index in [4.69, 9.17) is 0 Å². The monoisotopic (exact) mass is 447 g/mol. The first-order valence-electron chi connectivity index (χ1n) is 11.5. The standard InChI is InChI=1S/C23H33N3O4S/c1-23(2)19-15-18(31(29,30)25-13-7-4-8-14-25)11-12-20(19)26(22(23)28)16-21(27)24-17-9-5-3-6-10-17/h11-12,15,17H,3-10,13-14,16H2,1-2H3,(H,24,27). The Hall–Kier alpha value is -1.93. The molecule has 7 nitrogen and oxygen atoms in total. The first-order valence-corrected chi connectivity index (χ1v) is 12.9. The molecule has 0 aromatic heterocycles. The second-order valence-corrected chi connectivity index (χ2v) is 11.5. The third kappa shape index (κ3) is 4.24. The minimum atomic E-state index is -3.59. The SMILES string of the molecule is CC1(C)C(=O)N(CC(=O)NC2CCCCC2)c2ccc(S(=O)(=O)N3CCCCC3)cc21. The number of benzene rings is 1. The lowest BCUT2D eigenvalue weighted by Crippen LogP contribution is -2.45. The van der Waals surface area contributed by atoms with Crippen LogP contribution < -0.4 is 10.2 Å². The van der Waals surface area contributed by atoms with Crippen molar-refractivity contribution < 1.29 is 18.0 Å². The quantitative estimate of drug-likeness (QED) is 0.752. The molecular weight excluding hydrogens is 414 g/mol. The van der Waals surface area contributed by atoms with Crippen molar-refractivity contribution in [3.63, 3.8) is 0 Å². The average Bonchev–Trinajstić information content (AvgIpc) is 2.95. The highest BCUT2D eigenvalue weighted by Gasteiger charge is 2.45. The van der Waals surface area contributed by atoms with Crippen LogP contribution in [0.4, 0.5) is 5.69 Å². The van der Waals surface area contributed by atoms with Crippen LogP contribution in [0.15, 0.2) is 23.1 Å². The molecule has 2 amide bonds. The number of sulfonamides is 1. The van der Waals surface area contributed by atoms with E-state index in [0.717, 1.165) is 44.9 Å². The maximum atomic E-state index is 13.2. The summed E-state index contributed by atoms with van der Waals surface area (Å²) in [6, 6.07) is 5.08. The zero-order valence-corrected chi connectivity index (χ0v) is 19.3. The van der Waals surface area contributed by atoms with Gasteiger partial charge in [0.15, 0.2) is 0 Å². The minimum absolute atomic E-state index is 0.0377. The lowest BCUT2D eigenvalue weighted by Gasteiger charge is -2.26.